The summed E-state index contributed by atoms with van der Waals surface area (Å²) in [5.74, 6) is 1.22. The fourth-order valence-electron chi connectivity index (χ4n) is 1.82. The van der Waals surface area contributed by atoms with E-state index in [2.05, 4.69) is 20.4 Å². The van der Waals surface area contributed by atoms with E-state index < -0.39 is 0 Å². The van der Waals surface area contributed by atoms with Gasteiger partial charge in [0.1, 0.15) is 0 Å². The molecule has 0 amide bonds. The van der Waals surface area contributed by atoms with Gasteiger partial charge in [0.15, 0.2) is 0 Å². The zero-order valence-electron chi connectivity index (χ0n) is 10.7. The average Bonchev–Trinajstić information content (AvgIpc) is 2.97. The summed E-state index contributed by atoms with van der Waals surface area (Å²) in [4.78, 5) is 0. The third kappa shape index (κ3) is 4.57. The van der Waals surface area contributed by atoms with E-state index in [-0.39, 0.29) is 12.0 Å². The lowest BCUT2D eigenvalue weighted by molar-refractivity contribution is 0.479. The lowest BCUT2D eigenvalue weighted by Crippen LogP contribution is -1.89. The van der Waals surface area contributed by atoms with Crippen molar-refractivity contribution >= 4 is 12.0 Å². The predicted octanol–water partition coefficient (Wildman–Crippen LogP) is 1.35. The molecule has 2 rings (SSSR count). The second kappa shape index (κ2) is 6.72. The molecule has 0 radical (unpaired) electrons. The Labute approximate surface area is 110 Å². The fourth-order valence-corrected chi connectivity index (χ4v) is 1.82. The van der Waals surface area contributed by atoms with E-state index in [1.165, 1.54) is 0 Å². The van der Waals surface area contributed by atoms with E-state index >= 15 is 0 Å². The van der Waals surface area contributed by atoms with Crippen molar-refractivity contribution in [2.75, 3.05) is 11.5 Å². The molecule has 0 fully saturated rings. The molecule has 8 heteroatoms. The molecule has 0 saturated carbocycles. The Bertz CT molecular complexity index is 451. The molecule has 0 aromatic carbocycles. The Morgan fingerprint density at radius 2 is 1.05 bits per heavy atom. The molecule has 0 aliphatic heterocycles. The Hall–Kier alpha value is -2.12. The van der Waals surface area contributed by atoms with Crippen molar-refractivity contribution in [1.82, 2.24) is 20.4 Å². The van der Waals surface area contributed by atoms with Crippen LogP contribution in [-0.2, 0) is 12.8 Å². The van der Waals surface area contributed by atoms with Gasteiger partial charge in [-0.2, -0.15) is 0 Å². The number of anilines is 2. The van der Waals surface area contributed by atoms with Crippen molar-refractivity contribution in [2.24, 2.45) is 0 Å². The van der Waals surface area contributed by atoms with Crippen LogP contribution >= 0.6 is 0 Å². The molecule has 4 N–H and O–H groups in total. The van der Waals surface area contributed by atoms with Crippen LogP contribution < -0.4 is 11.5 Å². The van der Waals surface area contributed by atoms with Gasteiger partial charge >= 0.3 is 12.0 Å². The monoisotopic (exact) mass is 266 g/mol. The average molecular weight is 266 g/mol. The van der Waals surface area contributed by atoms with Gasteiger partial charge in [0.2, 0.25) is 11.8 Å². The molecule has 0 aliphatic rings. The number of hydrogen-bond donors (Lipinski definition) is 2. The van der Waals surface area contributed by atoms with Crippen LogP contribution in [0.3, 0.4) is 0 Å². The summed E-state index contributed by atoms with van der Waals surface area (Å²) >= 11 is 0. The molecule has 0 aliphatic carbocycles. The van der Waals surface area contributed by atoms with Gasteiger partial charge in [-0.3, -0.25) is 0 Å². The molecular formula is C11H18N6O2. The number of nitrogens with zero attached hydrogens (tertiary/aromatic N) is 4. The first-order valence-electron chi connectivity index (χ1n) is 6.40. The SMILES string of the molecule is Nc1nnc(CCCCCCCc2nnc(N)o2)o1. The maximum atomic E-state index is 5.34. The third-order valence-electron chi connectivity index (χ3n) is 2.75. The van der Waals surface area contributed by atoms with Crippen LogP contribution in [0, 0.1) is 0 Å². The normalized spacial score (nSPS) is 10.9. The van der Waals surface area contributed by atoms with Crippen LogP contribution in [0.15, 0.2) is 8.83 Å². The Kier molecular flexibility index (Phi) is 4.71. The zero-order valence-corrected chi connectivity index (χ0v) is 10.7. The van der Waals surface area contributed by atoms with Crippen LogP contribution in [0.1, 0.15) is 43.9 Å². The first-order valence-corrected chi connectivity index (χ1v) is 6.40. The van der Waals surface area contributed by atoms with Crippen molar-refractivity contribution in [3.05, 3.63) is 11.8 Å². The number of unbranched alkanes of at least 4 members (excludes halogenated alkanes) is 4. The Balaban J connectivity index is 1.48. The van der Waals surface area contributed by atoms with Gasteiger partial charge < -0.3 is 20.3 Å². The van der Waals surface area contributed by atoms with Crippen molar-refractivity contribution in [3.8, 4) is 0 Å². The molecular weight excluding hydrogens is 248 g/mol. The van der Waals surface area contributed by atoms with E-state index in [1.54, 1.807) is 0 Å². The highest BCUT2D eigenvalue weighted by molar-refractivity contribution is 5.05. The second-order valence-electron chi connectivity index (χ2n) is 4.34. The summed E-state index contributed by atoms with van der Waals surface area (Å²) in [5.41, 5.74) is 10.7. The van der Waals surface area contributed by atoms with Crippen LogP contribution in [0.2, 0.25) is 0 Å². The molecule has 8 nitrogen and oxygen atoms in total. The summed E-state index contributed by atoms with van der Waals surface area (Å²) in [5, 5.41) is 14.8. The molecule has 0 bridgehead atoms. The van der Waals surface area contributed by atoms with E-state index in [0.29, 0.717) is 11.8 Å². The quantitative estimate of drug-likeness (QED) is 0.685. The van der Waals surface area contributed by atoms with Crippen molar-refractivity contribution in [1.29, 1.82) is 0 Å². The maximum Gasteiger partial charge on any atom is 0.312 e. The van der Waals surface area contributed by atoms with Gasteiger partial charge in [-0.25, -0.2) is 0 Å². The summed E-state index contributed by atoms with van der Waals surface area (Å²) < 4.78 is 10.2. The highest BCUT2D eigenvalue weighted by Crippen LogP contribution is 2.11. The summed E-state index contributed by atoms with van der Waals surface area (Å²) in [7, 11) is 0. The van der Waals surface area contributed by atoms with Gasteiger partial charge in [-0.1, -0.05) is 29.5 Å². The number of aryl methyl sites for hydroxylation is 2. The van der Waals surface area contributed by atoms with E-state index in [9.17, 15) is 0 Å². The van der Waals surface area contributed by atoms with Crippen LogP contribution in [-0.4, -0.2) is 20.4 Å². The second-order valence-corrected chi connectivity index (χ2v) is 4.34. The van der Waals surface area contributed by atoms with Gasteiger partial charge in [-0.15, -0.1) is 10.2 Å². The third-order valence-corrected chi connectivity index (χ3v) is 2.75. The minimum atomic E-state index is 0.133. The number of aromatic nitrogens is 4. The van der Waals surface area contributed by atoms with Crippen molar-refractivity contribution < 1.29 is 8.83 Å². The fraction of sp³-hybridized carbons (Fsp3) is 0.636. The van der Waals surface area contributed by atoms with Gasteiger partial charge in [0, 0.05) is 12.8 Å². The Morgan fingerprint density at radius 1 is 0.632 bits per heavy atom. The molecule has 2 aromatic rings. The number of nitrogens with two attached hydrogens (primary N) is 2. The smallest absolute Gasteiger partial charge is 0.312 e. The van der Waals surface area contributed by atoms with Crippen molar-refractivity contribution in [3.63, 3.8) is 0 Å². The molecule has 2 heterocycles. The minimum absolute atomic E-state index is 0.133. The molecule has 0 saturated heterocycles. The number of rotatable bonds is 8. The molecule has 0 spiro atoms. The minimum Gasteiger partial charge on any atom is -0.408 e. The summed E-state index contributed by atoms with van der Waals surface area (Å²) in [6.45, 7) is 0. The zero-order chi connectivity index (χ0) is 13.5. The first-order chi connectivity index (χ1) is 9.24. The summed E-state index contributed by atoms with van der Waals surface area (Å²) in [6, 6.07) is 0.266. The summed E-state index contributed by atoms with van der Waals surface area (Å²) in [6.07, 6.45) is 6.99. The molecule has 0 unspecified atom stereocenters. The topological polar surface area (TPSA) is 130 Å². The van der Waals surface area contributed by atoms with E-state index in [0.717, 1.165) is 44.9 Å². The highest BCUT2D eigenvalue weighted by Gasteiger charge is 2.03. The molecule has 0 atom stereocenters. The number of nitrogen functional groups attached to an aromatic ring is 2. The van der Waals surface area contributed by atoms with Crippen molar-refractivity contribution in [2.45, 2.75) is 44.9 Å². The van der Waals surface area contributed by atoms with Crippen LogP contribution in [0.25, 0.3) is 0 Å². The van der Waals surface area contributed by atoms with Crippen LogP contribution in [0.4, 0.5) is 12.0 Å². The largest absolute Gasteiger partial charge is 0.408 e. The van der Waals surface area contributed by atoms with Gasteiger partial charge in [-0.05, 0) is 12.8 Å². The molecule has 2 aromatic heterocycles. The Morgan fingerprint density at radius 3 is 1.42 bits per heavy atom. The van der Waals surface area contributed by atoms with E-state index in [4.69, 9.17) is 20.3 Å². The van der Waals surface area contributed by atoms with Gasteiger partial charge in [0.05, 0.1) is 0 Å². The maximum absolute atomic E-state index is 5.34. The molecule has 19 heavy (non-hydrogen) atoms. The predicted molar refractivity (Wildman–Crippen MR) is 67.9 cm³/mol. The first kappa shape index (κ1) is 13.3. The van der Waals surface area contributed by atoms with Gasteiger partial charge in [0.25, 0.3) is 0 Å². The van der Waals surface area contributed by atoms with Crippen LogP contribution in [0.5, 0.6) is 0 Å². The lowest BCUT2D eigenvalue weighted by atomic mass is 10.1. The molecule has 104 valence electrons. The van der Waals surface area contributed by atoms with E-state index in [1.807, 2.05) is 0 Å². The number of hydrogen-bond acceptors (Lipinski definition) is 8. The standard InChI is InChI=1S/C11H18N6O2/c12-10-16-14-8(18-10)6-4-2-1-3-5-7-9-15-17-11(13)19-9/h1-7H2,(H2,12,16)(H2,13,17). The highest BCUT2D eigenvalue weighted by atomic mass is 16.4. The lowest BCUT2D eigenvalue weighted by Gasteiger charge is -1.98.